The van der Waals surface area contributed by atoms with E-state index in [1.54, 1.807) is 4.90 Å². The molecule has 1 atom stereocenters. The van der Waals surface area contributed by atoms with Crippen LogP contribution in [0.15, 0.2) is 0 Å². The van der Waals surface area contributed by atoms with Crippen LogP contribution in [0.4, 0.5) is 4.79 Å². The van der Waals surface area contributed by atoms with E-state index in [9.17, 15) is 4.79 Å². The van der Waals surface area contributed by atoms with Gasteiger partial charge in [0.05, 0.1) is 0 Å². The fourth-order valence-electron chi connectivity index (χ4n) is 2.01. The molecule has 0 N–H and O–H groups in total. The van der Waals surface area contributed by atoms with Crippen molar-refractivity contribution in [2.24, 2.45) is 0 Å². The number of rotatable bonds is 1. The Morgan fingerprint density at radius 2 is 2.13 bits per heavy atom. The topological polar surface area (TPSA) is 26.8 Å². The van der Waals surface area contributed by atoms with Crippen molar-refractivity contribution in [1.29, 1.82) is 0 Å². The third kappa shape index (κ3) is 3.09. The van der Waals surface area contributed by atoms with E-state index in [2.05, 4.69) is 18.9 Å². The van der Waals surface area contributed by atoms with E-state index in [0.29, 0.717) is 6.04 Å². The van der Waals surface area contributed by atoms with Crippen LogP contribution in [0, 0.1) is 0 Å². The molecule has 0 radical (unpaired) electrons. The summed E-state index contributed by atoms with van der Waals surface area (Å²) in [5.41, 5.74) is 0. The van der Waals surface area contributed by atoms with Crippen LogP contribution in [-0.2, 0) is 0 Å². The summed E-state index contributed by atoms with van der Waals surface area (Å²) in [5.74, 6) is 0. The lowest BCUT2D eigenvalue weighted by molar-refractivity contribution is 0.147. The van der Waals surface area contributed by atoms with E-state index in [1.807, 2.05) is 18.9 Å². The molecule has 4 nitrogen and oxygen atoms in total. The van der Waals surface area contributed by atoms with Crippen LogP contribution in [-0.4, -0.2) is 67.0 Å². The molecule has 0 aromatic heterocycles. The number of hydrogen-bond donors (Lipinski definition) is 0. The lowest BCUT2D eigenvalue weighted by atomic mass is 10.3. The number of nitrogens with zero attached hydrogens (tertiary/aromatic N) is 3. The highest BCUT2D eigenvalue weighted by Gasteiger charge is 2.25. The van der Waals surface area contributed by atoms with Gasteiger partial charge in [-0.1, -0.05) is 0 Å². The van der Waals surface area contributed by atoms with Gasteiger partial charge in [0.1, 0.15) is 0 Å². The molecule has 1 aliphatic heterocycles. The Morgan fingerprint density at radius 3 is 2.73 bits per heavy atom. The van der Waals surface area contributed by atoms with Crippen molar-refractivity contribution in [3.05, 3.63) is 0 Å². The second-order valence-electron chi connectivity index (χ2n) is 4.45. The van der Waals surface area contributed by atoms with E-state index in [4.69, 9.17) is 0 Å². The first-order chi connectivity index (χ1) is 7.06. The lowest BCUT2D eigenvalue weighted by Crippen LogP contribution is -2.47. The third-order valence-electron chi connectivity index (χ3n) is 3.09. The molecule has 0 aromatic carbocycles. The van der Waals surface area contributed by atoms with Gasteiger partial charge in [-0.3, -0.25) is 0 Å². The van der Waals surface area contributed by atoms with Crippen LogP contribution in [0.3, 0.4) is 0 Å². The first-order valence-electron chi connectivity index (χ1n) is 5.76. The Hall–Kier alpha value is -0.770. The summed E-state index contributed by atoms with van der Waals surface area (Å²) < 4.78 is 0. The van der Waals surface area contributed by atoms with E-state index in [1.165, 1.54) is 0 Å². The maximum absolute atomic E-state index is 12.0. The Bertz CT molecular complexity index is 220. The van der Waals surface area contributed by atoms with Crippen molar-refractivity contribution >= 4 is 6.03 Å². The van der Waals surface area contributed by atoms with Gasteiger partial charge in [-0.25, -0.2) is 4.79 Å². The molecule has 0 spiro atoms. The van der Waals surface area contributed by atoms with Gasteiger partial charge in [0.15, 0.2) is 0 Å². The Kier molecular flexibility index (Phi) is 4.39. The Balaban J connectivity index is 2.63. The van der Waals surface area contributed by atoms with Gasteiger partial charge in [0.25, 0.3) is 0 Å². The zero-order valence-electron chi connectivity index (χ0n) is 10.4. The number of hydrogen-bond acceptors (Lipinski definition) is 2. The normalized spacial score (nSPS) is 23.7. The number of likely N-dealkylation sites (N-methyl/N-ethyl adjacent to an activating group) is 1. The number of carbonyl (C=O) groups excluding carboxylic acids is 1. The number of urea groups is 1. The second kappa shape index (κ2) is 5.35. The largest absolute Gasteiger partial charge is 0.328 e. The standard InChI is InChI=1S/C11H23N3O/c1-5-13(4)11(15)14-8-6-7-12(3)9-10(14)2/h10H,5-9H2,1-4H3. The van der Waals surface area contributed by atoms with Crippen molar-refractivity contribution in [3.8, 4) is 0 Å². The zero-order valence-corrected chi connectivity index (χ0v) is 10.4. The van der Waals surface area contributed by atoms with Crippen molar-refractivity contribution in [2.75, 3.05) is 40.3 Å². The molecule has 0 aromatic rings. The van der Waals surface area contributed by atoms with E-state index < -0.39 is 0 Å². The summed E-state index contributed by atoms with van der Waals surface area (Å²) in [6.07, 6.45) is 1.07. The van der Waals surface area contributed by atoms with Gasteiger partial charge < -0.3 is 14.7 Å². The van der Waals surface area contributed by atoms with E-state index >= 15 is 0 Å². The molecule has 88 valence electrons. The Labute approximate surface area is 92.8 Å². The van der Waals surface area contributed by atoms with Gasteiger partial charge in [-0.05, 0) is 33.9 Å². The molecule has 1 unspecified atom stereocenters. The van der Waals surface area contributed by atoms with Gasteiger partial charge in [-0.2, -0.15) is 0 Å². The Morgan fingerprint density at radius 1 is 1.47 bits per heavy atom. The quantitative estimate of drug-likeness (QED) is 0.652. The number of amides is 2. The molecule has 1 aliphatic rings. The van der Waals surface area contributed by atoms with Crippen LogP contribution >= 0.6 is 0 Å². The number of carbonyl (C=O) groups is 1. The minimum atomic E-state index is 0.167. The fraction of sp³-hybridized carbons (Fsp3) is 0.909. The molecular formula is C11H23N3O. The van der Waals surface area contributed by atoms with Gasteiger partial charge >= 0.3 is 6.03 Å². The summed E-state index contributed by atoms with van der Waals surface area (Å²) in [4.78, 5) is 18.1. The second-order valence-corrected chi connectivity index (χ2v) is 4.45. The molecule has 1 heterocycles. The zero-order chi connectivity index (χ0) is 11.4. The first kappa shape index (κ1) is 12.3. The summed E-state index contributed by atoms with van der Waals surface area (Å²) in [7, 11) is 3.98. The highest BCUT2D eigenvalue weighted by atomic mass is 16.2. The monoisotopic (exact) mass is 213 g/mol. The van der Waals surface area contributed by atoms with Crippen LogP contribution in [0.2, 0.25) is 0 Å². The molecule has 2 amide bonds. The fourth-order valence-corrected chi connectivity index (χ4v) is 2.01. The summed E-state index contributed by atoms with van der Waals surface area (Å²) >= 11 is 0. The van der Waals surface area contributed by atoms with Crippen molar-refractivity contribution in [2.45, 2.75) is 26.3 Å². The van der Waals surface area contributed by atoms with Crippen LogP contribution in [0.5, 0.6) is 0 Å². The van der Waals surface area contributed by atoms with Crippen molar-refractivity contribution in [1.82, 2.24) is 14.7 Å². The average Bonchev–Trinajstić information content (AvgIpc) is 2.37. The molecule has 0 aliphatic carbocycles. The molecular weight excluding hydrogens is 190 g/mol. The molecule has 4 heteroatoms. The lowest BCUT2D eigenvalue weighted by Gasteiger charge is -2.31. The highest BCUT2D eigenvalue weighted by molar-refractivity contribution is 5.74. The predicted molar refractivity (Wildman–Crippen MR) is 62.0 cm³/mol. The molecule has 1 rings (SSSR count). The van der Waals surface area contributed by atoms with Crippen LogP contribution in [0.25, 0.3) is 0 Å². The van der Waals surface area contributed by atoms with Crippen molar-refractivity contribution < 1.29 is 4.79 Å². The van der Waals surface area contributed by atoms with Crippen LogP contribution in [0.1, 0.15) is 20.3 Å². The van der Waals surface area contributed by atoms with E-state index in [-0.39, 0.29) is 6.03 Å². The van der Waals surface area contributed by atoms with Gasteiger partial charge in [0, 0.05) is 32.7 Å². The smallest absolute Gasteiger partial charge is 0.320 e. The third-order valence-corrected chi connectivity index (χ3v) is 3.09. The van der Waals surface area contributed by atoms with Gasteiger partial charge in [0.2, 0.25) is 0 Å². The SMILES string of the molecule is CCN(C)C(=O)N1CCCN(C)CC1C. The predicted octanol–water partition coefficient (Wildman–Crippen LogP) is 1.08. The average molecular weight is 213 g/mol. The first-order valence-corrected chi connectivity index (χ1v) is 5.76. The molecule has 15 heavy (non-hydrogen) atoms. The summed E-state index contributed by atoms with van der Waals surface area (Å²) in [5, 5.41) is 0. The summed E-state index contributed by atoms with van der Waals surface area (Å²) in [6.45, 7) is 7.86. The van der Waals surface area contributed by atoms with Crippen molar-refractivity contribution in [3.63, 3.8) is 0 Å². The maximum Gasteiger partial charge on any atom is 0.320 e. The summed E-state index contributed by atoms with van der Waals surface area (Å²) in [6, 6.07) is 0.485. The minimum Gasteiger partial charge on any atom is -0.328 e. The molecule has 1 fully saturated rings. The van der Waals surface area contributed by atoms with Gasteiger partial charge in [-0.15, -0.1) is 0 Å². The minimum absolute atomic E-state index is 0.167. The molecule has 0 saturated carbocycles. The maximum atomic E-state index is 12.0. The van der Waals surface area contributed by atoms with E-state index in [0.717, 1.165) is 32.6 Å². The highest BCUT2D eigenvalue weighted by Crippen LogP contribution is 2.10. The molecule has 0 bridgehead atoms. The molecule has 1 saturated heterocycles. The van der Waals surface area contributed by atoms with Crippen LogP contribution < -0.4 is 0 Å².